The summed E-state index contributed by atoms with van der Waals surface area (Å²) in [5, 5.41) is 0. The van der Waals surface area contributed by atoms with Crippen molar-refractivity contribution in [3.63, 3.8) is 0 Å². The van der Waals surface area contributed by atoms with E-state index >= 15 is 0 Å². The summed E-state index contributed by atoms with van der Waals surface area (Å²) in [5.41, 5.74) is 17.9. The fourth-order valence-electron chi connectivity index (χ4n) is 4.52. The van der Waals surface area contributed by atoms with Gasteiger partial charge in [0.25, 0.3) is 0 Å². The zero-order chi connectivity index (χ0) is 28.0. The Labute approximate surface area is 247 Å². The number of benzene rings is 4. The number of nitrogens with one attached hydrogen (secondary N) is 1. The third-order valence-electron chi connectivity index (χ3n) is 7.69. The van der Waals surface area contributed by atoms with Crippen molar-refractivity contribution in [1.29, 1.82) is 0 Å². The molecule has 4 nitrogen and oxygen atoms in total. The van der Waals surface area contributed by atoms with Crippen LogP contribution in [-0.2, 0) is 29.5 Å². The first-order chi connectivity index (χ1) is 17.9. The van der Waals surface area contributed by atoms with Crippen molar-refractivity contribution >= 4 is 10.0 Å². The molecule has 0 aliphatic carbocycles. The first kappa shape index (κ1) is 32.6. The van der Waals surface area contributed by atoms with E-state index in [2.05, 4.69) is 46.3 Å². The van der Waals surface area contributed by atoms with Crippen LogP contribution in [0, 0.1) is 48.5 Å². The molecular weight excluding hydrogens is 590 g/mol. The molecular formula is C33H40N2O2RuS. The van der Waals surface area contributed by atoms with Gasteiger partial charge in [0.2, 0.25) is 10.0 Å². The van der Waals surface area contributed by atoms with Crippen LogP contribution < -0.4 is 10.5 Å². The van der Waals surface area contributed by atoms with Gasteiger partial charge >= 0.3 is 0 Å². The summed E-state index contributed by atoms with van der Waals surface area (Å²) in [7, 11) is -3.71. The van der Waals surface area contributed by atoms with E-state index in [1.807, 2.05) is 67.6 Å². The minimum absolute atomic E-state index is 0. The molecule has 0 saturated heterocycles. The molecule has 0 aromatic heterocycles. The van der Waals surface area contributed by atoms with Gasteiger partial charge in [-0.3, -0.25) is 0 Å². The molecule has 4 aromatic rings. The predicted molar refractivity (Wildman–Crippen MR) is 159 cm³/mol. The number of rotatable bonds is 6. The van der Waals surface area contributed by atoms with Crippen LogP contribution in [-0.4, -0.2) is 8.42 Å². The van der Waals surface area contributed by atoms with Gasteiger partial charge in [0.05, 0.1) is 17.0 Å². The summed E-state index contributed by atoms with van der Waals surface area (Å²) in [6.07, 6.45) is 0. The Morgan fingerprint density at radius 1 is 0.564 bits per heavy atom. The number of nitrogens with two attached hydrogens (primary N) is 1. The van der Waals surface area contributed by atoms with Crippen LogP contribution >= 0.6 is 0 Å². The first-order valence-electron chi connectivity index (χ1n) is 12.9. The van der Waals surface area contributed by atoms with Crippen LogP contribution in [0.2, 0.25) is 0 Å². The Bertz CT molecular complexity index is 1370. The van der Waals surface area contributed by atoms with E-state index in [9.17, 15) is 8.42 Å². The van der Waals surface area contributed by atoms with Gasteiger partial charge in [-0.15, -0.1) is 0 Å². The third kappa shape index (κ3) is 7.96. The van der Waals surface area contributed by atoms with Crippen LogP contribution in [0.15, 0.2) is 89.8 Å². The molecule has 0 amide bonds. The molecule has 0 heterocycles. The maximum atomic E-state index is 12.9. The monoisotopic (exact) mass is 630 g/mol. The summed E-state index contributed by atoms with van der Waals surface area (Å²) in [5.74, 6) is 0. The van der Waals surface area contributed by atoms with Gasteiger partial charge < -0.3 is 5.73 Å². The zero-order valence-electron chi connectivity index (χ0n) is 23.9. The Kier molecular flexibility index (Phi) is 11.8. The Morgan fingerprint density at radius 3 is 1.31 bits per heavy atom. The molecule has 0 unspecified atom stereocenters. The van der Waals surface area contributed by atoms with Crippen molar-refractivity contribution < 1.29 is 27.9 Å². The number of sulfonamides is 1. The van der Waals surface area contributed by atoms with Crippen LogP contribution in [0.4, 0.5) is 0 Å². The summed E-state index contributed by atoms with van der Waals surface area (Å²) < 4.78 is 28.6. The molecule has 6 heteroatoms. The SMILES string of the molecule is Cc1c(C)c(C)c(C)c(C)c1C.Cc1ccc(S(=O)(=O)N[C@H](c2ccccc2)[C@H](N)c2ccccc2)cc1.[Ru]. The van der Waals surface area contributed by atoms with Crippen molar-refractivity contribution in [2.24, 2.45) is 5.73 Å². The molecule has 39 heavy (non-hydrogen) atoms. The van der Waals surface area contributed by atoms with E-state index in [0.717, 1.165) is 16.7 Å². The predicted octanol–water partition coefficient (Wildman–Crippen LogP) is 7.25. The summed E-state index contributed by atoms with van der Waals surface area (Å²) in [6.45, 7) is 15.2. The van der Waals surface area contributed by atoms with Gasteiger partial charge in [-0.05, 0) is 105 Å². The van der Waals surface area contributed by atoms with Gasteiger partial charge in [0.1, 0.15) is 0 Å². The fraction of sp³-hybridized carbons (Fsp3) is 0.273. The average Bonchev–Trinajstić information content (AvgIpc) is 2.94. The minimum atomic E-state index is -3.71. The normalized spacial score (nSPS) is 12.5. The smallest absolute Gasteiger partial charge is 0.241 e. The number of hydrogen-bond donors (Lipinski definition) is 2. The summed E-state index contributed by atoms with van der Waals surface area (Å²) in [4.78, 5) is 0.226. The molecule has 0 saturated carbocycles. The quantitative estimate of drug-likeness (QED) is 0.221. The third-order valence-corrected chi connectivity index (χ3v) is 9.15. The molecule has 0 spiro atoms. The largest absolute Gasteiger partial charge is 0.322 e. The molecule has 0 aliphatic rings. The summed E-state index contributed by atoms with van der Waals surface area (Å²) >= 11 is 0. The molecule has 4 aromatic carbocycles. The molecule has 0 bridgehead atoms. The van der Waals surface area contributed by atoms with Crippen LogP contribution in [0.5, 0.6) is 0 Å². The second-order valence-electron chi connectivity index (χ2n) is 10.0. The number of hydrogen-bond acceptors (Lipinski definition) is 3. The topological polar surface area (TPSA) is 72.2 Å². The Balaban J connectivity index is 0.000000346. The molecule has 208 valence electrons. The van der Waals surface area contributed by atoms with Crippen LogP contribution in [0.3, 0.4) is 0 Å². The van der Waals surface area contributed by atoms with Crippen molar-refractivity contribution in [3.8, 4) is 0 Å². The van der Waals surface area contributed by atoms with E-state index in [1.165, 1.54) is 33.4 Å². The maximum absolute atomic E-state index is 12.9. The molecule has 2 atom stereocenters. The van der Waals surface area contributed by atoms with E-state index in [-0.39, 0.29) is 24.4 Å². The Morgan fingerprint density at radius 2 is 0.923 bits per heavy atom. The van der Waals surface area contributed by atoms with Crippen LogP contribution in [0.25, 0.3) is 0 Å². The van der Waals surface area contributed by atoms with Gasteiger partial charge in [0, 0.05) is 19.5 Å². The van der Waals surface area contributed by atoms with Crippen molar-refractivity contribution in [2.75, 3.05) is 0 Å². The van der Waals surface area contributed by atoms with Crippen LogP contribution in [0.1, 0.15) is 62.2 Å². The van der Waals surface area contributed by atoms with Crippen molar-refractivity contribution in [2.45, 2.75) is 65.4 Å². The van der Waals surface area contributed by atoms with Crippen molar-refractivity contribution in [3.05, 3.63) is 135 Å². The van der Waals surface area contributed by atoms with Gasteiger partial charge in [-0.2, -0.15) is 0 Å². The van der Waals surface area contributed by atoms with Crippen molar-refractivity contribution in [1.82, 2.24) is 4.72 Å². The number of aryl methyl sites for hydroxylation is 1. The van der Waals surface area contributed by atoms with Gasteiger partial charge in [-0.1, -0.05) is 78.4 Å². The molecule has 0 radical (unpaired) electrons. The zero-order valence-corrected chi connectivity index (χ0v) is 26.4. The molecule has 0 aliphatic heterocycles. The Hall–Kier alpha value is -2.63. The standard InChI is InChI=1S/C21H22N2O2S.C12H18.Ru/c1-16-12-14-19(15-13-16)26(24,25)23-21(18-10-6-3-7-11-18)20(22)17-8-4-2-5-9-17;1-7-8(2)10(4)12(6)11(5)9(7)3;/h2-15,20-21,23H,22H2,1H3;1-6H3;/t20-,21-;;/m1../s1. The van der Waals surface area contributed by atoms with Gasteiger partial charge in [0.15, 0.2) is 0 Å². The second kappa shape index (κ2) is 14.1. The summed E-state index contributed by atoms with van der Waals surface area (Å²) in [6, 6.07) is 24.6. The van der Waals surface area contributed by atoms with E-state index in [4.69, 9.17) is 5.73 Å². The minimum Gasteiger partial charge on any atom is -0.322 e. The first-order valence-corrected chi connectivity index (χ1v) is 14.4. The molecule has 0 fully saturated rings. The average molecular weight is 630 g/mol. The van der Waals surface area contributed by atoms with E-state index in [1.54, 1.807) is 24.3 Å². The molecule has 3 N–H and O–H groups in total. The van der Waals surface area contributed by atoms with E-state index in [0.29, 0.717) is 0 Å². The van der Waals surface area contributed by atoms with Gasteiger partial charge in [-0.25, -0.2) is 13.1 Å². The van der Waals surface area contributed by atoms with E-state index < -0.39 is 22.1 Å². The maximum Gasteiger partial charge on any atom is 0.241 e. The second-order valence-corrected chi connectivity index (χ2v) is 11.7. The molecule has 4 rings (SSSR count). The fourth-order valence-corrected chi connectivity index (χ4v) is 5.76.